The number of benzene rings is 1. The standard InChI is InChI=1S/C21H26FN3O3S/c1-14-19(15-4-6-16(22)7-5-15)24-20(29-14)23-18(26)13-25-10-9-21(8-3-11-28-21)17(12-25)27-2/h4-7,17H,3,8-13H2,1-2H3,(H,23,24,26)/t17-,21+/m0/s1. The molecule has 1 aromatic heterocycles. The van der Waals surface area contributed by atoms with E-state index in [1.807, 2.05) is 6.92 Å². The van der Waals surface area contributed by atoms with E-state index in [0.29, 0.717) is 18.2 Å². The minimum absolute atomic E-state index is 0.0151. The topological polar surface area (TPSA) is 63.7 Å². The Morgan fingerprint density at radius 2 is 2.21 bits per heavy atom. The van der Waals surface area contributed by atoms with E-state index in [4.69, 9.17) is 9.47 Å². The monoisotopic (exact) mass is 419 g/mol. The highest BCUT2D eigenvalue weighted by Gasteiger charge is 2.46. The SMILES string of the molecule is CO[C@H]1CN(CC(=O)Nc2nc(-c3ccc(F)cc3)c(C)s2)CC[C@]12CCCO2. The molecule has 0 saturated carbocycles. The normalized spacial score (nSPS) is 24.9. The van der Waals surface area contributed by atoms with Gasteiger partial charge < -0.3 is 14.8 Å². The van der Waals surface area contributed by atoms with Gasteiger partial charge in [-0.05, 0) is 50.5 Å². The van der Waals surface area contributed by atoms with Crippen molar-refractivity contribution in [3.8, 4) is 11.3 Å². The number of nitrogens with zero attached hydrogens (tertiary/aromatic N) is 2. The zero-order chi connectivity index (χ0) is 20.4. The molecule has 156 valence electrons. The Bertz CT molecular complexity index is 865. The summed E-state index contributed by atoms with van der Waals surface area (Å²) in [6.07, 6.45) is 2.96. The predicted molar refractivity (Wildman–Crippen MR) is 111 cm³/mol. The Balaban J connectivity index is 1.37. The van der Waals surface area contributed by atoms with Gasteiger partial charge in [0.05, 0.1) is 23.9 Å². The molecule has 0 bridgehead atoms. The summed E-state index contributed by atoms with van der Waals surface area (Å²) in [5.41, 5.74) is 1.42. The maximum absolute atomic E-state index is 13.2. The summed E-state index contributed by atoms with van der Waals surface area (Å²) in [7, 11) is 1.72. The molecule has 0 radical (unpaired) electrons. The lowest BCUT2D eigenvalue weighted by atomic mass is 9.86. The van der Waals surface area contributed by atoms with Gasteiger partial charge in [-0.3, -0.25) is 9.69 Å². The minimum atomic E-state index is -0.282. The smallest absolute Gasteiger partial charge is 0.240 e. The maximum Gasteiger partial charge on any atom is 0.240 e. The number of nitrogens with one attached hydrogen (secondary N) is 1. The van der Waals surface area contributed by atoms with Gasteiger partial charge in [-0.1, -0.05) is 0 Å². The zero-order valence-electron chi connectivity index (χ0n) is 16.7. The highest BCUT2D eigenvalue weighted by molar-refractivity contribution is 7.16. The lowest BCUT2D eigenvalue weighted by Crippen LogP contribution is -2.57. The number of carbonyl (C=O) groups excluding carboxylic acids is 1. The van der Waals surface area contributed by atoms with E-state index in [-0.39, 0.29) is 23.4 Å². The van der Waals surface area contributed by atoms with Crippen LogP contribution in [-0.4, -0.2) is 60.8 Å². The number of ether oxygens (including phenoxy) is 2. The molecule has 29 heavy (non-hydrogen) atoms. The first kappa shape index (κ1) is 20.4. The van der Waals surface area contributed by atoms with Gasteiger partial charge in [0.25, 0.3) is 0 Å². The third-order valence-corrected chi connectivity index (χ3v) is 6.69. The average Bonchev–Trinajstić information content (AvgIpc) is 3.31. The van der Waals surface area contributed by atoms with Crippen molar-refractivity contribution in [3.63, 3.8) is 0 Å². The summed E-state index contributed by atoms with van der Waals surface area (Å²) < 4.78 is 24.9. The van der Waals surface area contributed by atoms with E-state index in [0.717, 1.165) is 48.5 Å². The number of amides is 1. The number of hydrogen-bond acceptors (Lipinski definition) is 6. The van der Waals surface area contributed by atoms with Crippen molar-refractivity contribution in [2.24, 2.45) is 0 Å². The van der Waals surface area contributed by atoms with E-state index in [2.05, 4.69) is 15.2 Å². The molecule has 1 aromatic carbocycles. The first-order chi connectivity index (χ1) is 14.0. The second kappa shape index (κ2) is 8.47. The van der Waals surface area contributed by atoms with Crippen LogP contribution in [0.25, 0.3) is 11.3 Å². The van der Waals surface area contributed by atoms with Gasteiger partial charge in [0, 0.05) is 37.2 Å². The number of hydrogen-bond donors (Lipinski definition) is 1. The summed E-state index contributed by atoms with van der Waals surface area (Å²) in [6, 6.07) is 6.22. The third-order valence-electron chi connectivity index (χ3n) is 5.81. The van der Waals surface area contributed by atoms with E-state index in [1.165, 1.54) is 23.5 Å². The number of likely N-dealkylation sites (tertiary alicyclic amines) is 1. The molecule has 2 saturated heterocycles. The van der Waals surface area contributed by atoms with Crippen LogP contribution in [0.1, 0.15) is 24.1 Å². The molecule has 2 fully saturated rings. The molecular formula is C21H26FN3O3S. The van der Waals surface area contributed by atoms with Crippen LogP contribution in [0.15, 0.2) is 24.3 Å². The second-order valence-electron chi connectivity index (χ2n) is 7.71. The number of aromatic nitrogens is 1. The van der Waals surface area contributed by atoms with Gasteiger partial charge in [-0.15, -0.1) is 11.3 Å². The Labute approximate surface area is 174 Å². The number of methoxy groups -OCH3 is 1. The second-order valence-corrected chi connectivity index (χ2v) is 8.91. The molecule has 0 unspecified atom stereocenters. The van der Waals surface area contributed by atoms with Gasteiger partial charge in [0.2, 0.25) is 5.91 Å². The fraction of sp³-hybridized carbons (Fsp3) is 0.524. The van der Waals surface area contributed by atoms with Crippen molar-refractivity contribution in [3.05, 3.63) is 35.0 Å². The molecular weight excluding hydrogens is 393 g/mol. The summed E-state index contributed by atoms with van der Waals surface area (Å²) in [5.74, 6) is -0.376. The maximum atomic E-state index is 13.2. The molecule has 6 nitrogen and oxygen atoms in total. The number of rotatable bonds is 5. The molecule has 2 aromatic rings. The van der Waals surface area contributed by atoms with E-state index >= 15 is 0 Å². The van der Waals surface area contributed by atoms with Crippen LogP contribution >= 0.6 is 11.3 Å². The number of anilines is 1. The molecule has 1 spiro atoms. The van der Waals surface area contributed by atoms with Gasteiger partial charge >= 0.3 is 0 Å². The van der Waals surface area contributed by atoms with Crippen LogP contribution < -0.4 is 5.32 Å². The van der Waals surface area contributed by atoms with Crippen molar-refractivity contribution in [2.75, 3.05) is 38.7 Å². The quantitative estimate of drug-likeness (QED) is 0.804. The Morgan fingerprint density at radius 1 is 1.41 bits per heavy atom. The highest BCUT2D eigenvalue weighted by atomic mass is 32.1. The van der Waals surface area contributed by atoms with Crippen LogP contribution in [0.4, 0.5) is 9.52 Å². The summed E-state index contributed by atoms with van der Waals surface area (Å²) in [5, 5.41) is 3.46. The molecule has 2 aliphatic rings. The molecule has 0 aliphatic carbocycles. The third kappa shape index (κ3) is 4.35. The number of halogens is 1. The summed E-state index contributed by atoms with van der Waals surface area (Å²) >= 11 is 1.42. The van der Waals surface area contributed by atoms with Crippen LogP contribution in [0.2, 0.25) is 0 Å². The molecule has 1 amide bonds. The Hall–Kier alpha value is -1.87. The molecule has 3 heterocycles. The van der Waals surface area contributed by atoms with Gasteiger partial charge in [0.1, 0.15) is 5.82 Å². The van der Waals surface area contributed by atoms with Crippen molar-refractivity contribution in [1.82, 2.24) is 9.88 Å². The van der Waals surface area contributed by atoms with Gasteiger partial charge in [0.15, 0.2) is 5.13 Å². The molecule has 8 heteroatoms. The van der Waals surface area contributed by atoms with Gasteiger partial charge in [-0.2, -0.15) is 0 Å². The van der Waals surface area contributed by atoms with Crippen molar-refractivity contribution >= 4 is 22.4 Å². The molecule has 2 aliphatic heterocycles. The van der Waals surface area contributed by atoms with Crippen molar-refractivity contribution in [2.45, 2.75) is 37.9 Å². The van der Waals surface area contributed by atoms with E-state index in [1.54, 1.807) is 19.2 Å². The van der Waals surface area contributed by atoms with Crippen LogP contribution in [0.3, 0.4) is 0 Å². The first-order valence-electron chi connectivity index (χ1n) is 9.91. The fourth-order valence-corrected chi connectivity index (χ4v) is 5.14. The number of carbonyl (C=O) groups is 1. The Kier molecular flexibility index (Phi) is 5.96. The van der Waals surface area contributed by atoms with Crippen molar-refractivity contribution in [1.29, 1.82) is 0 Å². The molecule has 2 atom stereocenters. The van der Waals surface area contributed by atoms with Gasteiger partial charge in [-0.25, -0.2) is 9.37 Å². The number of aryl methyl sites for hydroxylation is 1. The predicted octanol–water partition coefficient (Wildman–Crippen LogP) is 3.47. The fourth-order valence-electron chi connectivity index (χ4n) is 4.29. The number of thiazole rings is 1. The lowest BCUT2D eigenvalue weighted by molar-refractivity contribution is -0.145. The summed E-state index contributed by atoms with van der Waals surface area (Å²) in [6.45, 7) is 4.52. The molecule has 1 N–H and O–H groups in total. The van der Waals surface area contributed by atoms with Crippen molar-refractivity contribution < 1.29 is 18.7 Å². The first-order valence-corrected chi connectivity index (χ1v) is 10.7. The zero-order valence-corrected chi connectivity index (χ0v) is 17.6. The highest BCUT2D eigenvalue weighted by Crippen LogP contribution is 2.37. The number of piperidine rings is 1. The van der Waals surface area contributed by atoms with E-state index < -0.39 is 0 Å². The van der Waals surface area contributed by atoms with E-state index in [9.17, 15) is 9.18 Å². The minimum Gasteiger partial charge on any atom is -0.377 e. The van der Waals surface area contributed by atoms with Crippen LogP contribution in [0.5, 0.6) is 0 Å². The summed E-state index contributed by atoms with van der Waals surface area (Å²) in [4.78, 5) is 20.2. The van der Waals surface area contributed by atoms with Crippen LogP contribution in [-0.2, 0) is 14.3 Å². The Morgan fingerprint density at radius 3 is 2.90 bits per heavy atom. The molecule has 4 rings (SSSR count). The largest absolute Gasteiger partial charge is 0.377 e. The average molecular weight is 420 g/mol. The lowest BCUT2D eigenvalue weighted by Gasteiger charge is -2.44. The van der Waals surface area contributed by atoms with Crippen LogP contribution in [0, 0.1) is 12.7 Å².